The van der Waals surface area contributed by atoms with Gasteiger partial charge in [-0.25, -0.2) is 4.98 Å². The van der Waals surface area contributed by atoms with Gasteiger partial charge < -0.3 is 10.1 Å². The Morgan fingerprint density at radius 3 is 3.14 bits per heavy atom. The largest absolute Gasteiger partial charge is 0.377 e. The average molecular weight is 212 g/mol. The van der Waals surface area contributed by atoms with E-state index < -0.39 is 0 Å². The van der Waals surface area contributed by atoms with Crippen LogP contribution in [0.3, 0.4) is 0 Å². The monoisotopic (exact) mass is 212 g/mol. The van der Waals surface area contributed by atoms with Gasteiger partial charge in [0.25, 0.3) is 0 Å². The molecule has 0 aliphatic carbocycles. The van der Waals surface area contributed by atoms with Crippen LogP contribution in [0.15, 0.2) is 6.20 Å². The standard InChI is InChI=1S/C10H16N2OS/c1-7-5-12-10(14-7)6-11-9-3-4-13-8(9)2/h5,8-9,11H,3-4,6H2,1-2H3. The lowest BCUT2D eigenvalue weighted by atomic mass is 10.1. The number of nitrogens with one attached hydrogen (secondary N) is 1. The van der Waals surface area contributed by atoms with Crippen LogP contribution in [0.2, 0.25) is 0 Å². The van der Waals surface area contributed by atoms with Crippen molar-refractivity contribution in [2.75, 3.05) is 6.61 Å². The number of ether oxygens (including phenoxy) is 1. The number of hydrogen-bond acceptors (Lipinski definition) is 4. The summed E-state index contributed by atoms with van der Waals surface area (Å²) in [5, 5.41) is 4.65. The van der Waals surface area contributed by atoms with E-state index in [1.165, 1.54) is 9.88 Å². The minimum atomic E-state index is 0.344. The summed E-state index contributed by atoms with van der Waals surface area (Å²) in [4.78, 5) is 5.59. The van der Waals surface area contributed by atoms with Crippen molar-refractivity contribution in [2.45, 2.75) is 39.0 Å². The summed E-state index contributed by atoms with van der Waals surface area (Å²) in [6.07, 6.45) is 3.39. The second-order valence-electron chi connectivity index (χ2n) is 3.72. The third kappa shape index (κ3) is 2.32. The van der Waals surface area contributed by atoms with E-state index in [1.54, 1.807) is 11.3 Å². The summed E-state index contributed by atoms with van der Waals surface area (Å²) < 4.78 is 5.48. The highest BCUT2D eigenvalue weighted by Gasteiger charge is 2.23. The molecule has 2 rings (SSSR count). The topological polar surface area (TPSA) is 34.2 Å². The van der Waals surface area contributed by atoms with Crippen LogP contribution in [0, 0.1) is 6.92 Å². The number of rotatable bonds is 3. The zero-order chi connectivity index (χ0) is 9.97. The van der Waals surface area contributed by atoms with Crippen molar-refractivity contribution < 1.29 is 4.74 Å². The summed E-state index contributed by atoms with van der Waals surface area (Å²) in [5.41, 5.74) is 0. The highest BCUT2D eigenvalue weighted by atomic mass is 32.1. The van der Waals surface area contributed by atoms with Gasteiger partial charge in [0.2, 0.25) is 0 Å². The fraction of sp³-hybridized carbons (Fsp3) is 0.700. The molecule has 14 heavy (non-hydrogen) atoms. The molecular weight excluding hydrogens is 196 g/mol. The molecule has 78 valence electrons. The first kappa shape index (κ1) is 10.1. The Labute approximate surface area is 88.5 Å². The molecule has 1 aromatic rings. The summed E-state index contributed by atoms with van der Waals surface area (Å²) >= 11 is 1.76. The van der Waals surface area contributed by atoms with Crippen molar-refractivity contribution in [2.24, 2.45) is 0 Å². The van der Waals surface area contributed by atoms with Crippen LogP contribution in [0.1, 0.15) is 23.2 Å². The van der Waals surface area contributed by atoms with Gasteiger partial charge in [-0.15, -0.1) is 11.3 Å². The van der Waals surface area contributed by atoms with Crippen molar-refractivity contribution in [1.29, 1.82) is 0 Å². The third-order valence-electron chi connectivity index (χ3n) is 2.56. The van der Waals surface area contributed by atoms with Crippen LogP contribution in [-0.2, 0) is 11.3 Å². The molecule has 1 aliphatic heterocycles. The van der Waals surface area contributed by atoms with E-state index in [4.69, 9.17) is 4.74 Å². The SMILES string of the molecule is Cc1cnc(CNC2CCOC2C)s1. The van der Waals surface area contributed by atoms with E-state index in [-0.39, 0.29) is 0 Å². The first-order valence-electron chi connectivity index (χ1n) is 5.02. The van der Waals surface area contributed by atoms with Crippen molar-refractivity contribution in [3.63, 3.8) is 0 Å². The van der Waals surface area contributed by atoms with Crippen molar-refractivity contribution >= 4 is 11.3 Å². The second-order valence-corrected chi connectivity index (χ2v) is 5.04. The lowest BCUT2D eigenvalue weighted by molar-refractivity contribution is 0.113. The predicted octanol–water partition coefficient (Wildman–Crippen LogP) is 1.72. The summed E-state index contributed by atoms with van der Waals surface area (Å²) in [6, 6.07) is 0.499. The van der Waals surface area contributed by atoms with Crippen molar-refractivity contribution in [3.05, 3.63) is 16.1 Å². The Kier molecular flexibility index (Phi) is 3.15. The van der Waals surface area contributed by atoms with Crippen molar-refractivity contribution in [3.8, 4) is 0 Å². The average Bonchev–Trinajstić information content (AvgIpc) is 2.72. The van der Waals surface area contributed by atoms with Crippen LogP contribution in [0.5, 0.6) is 0 Å². The van der Waals surface area contributed by atoms with E-state index in [9.17, 15) is 0 Å². The Hall–Kier alpha value is -0.450. The van der Waals surface area contributed by atoms with E-state index in [1.807, 2.05) is 6.20 Å². The summed E-state index contributed by atoms with van der Waals surface area (Å²) in [5.74, 6) is 0. The first-order chi connectivity index (χ1) is 6.75. The Balaban J connectivity index is 1.82. The normalized spacial score (nSPS) is 27.0. The van der Waals surface area contributed by atoms with Gasteiger partial charge in [0.15, 0.2) is 0 Å². The fourth-order valence-electron chi connectivity index (χ4n) is 1.70. The first-order valence-corrected chi connectivity index (χ1v) is 5.83. The van der Waals surface area contributed by atoms with Gasteiger partial charge in [-0.2, -0.15) is 0 Å². The van der Waals surface area contributed by atoms with Gasteiger partial charge in [0.1, 0.15) is 5.01 Å². The highest BCUT2D eigenvalue weighted by molar-refractivity contribution is 7.11. The zero-order valence-corrected chi connectivity index (χ0v) is 9.43. The van der Waals surface area contributed by atoms with E-state index in [2.05, 4.69) is 24.1 Å². The predicted molar refractivity (Wildman–Crippen MR) is 57.5 cm³/mol. The molecule has 1 saturated heterocycles. The maximum atomic E-state index is 5.48. The molecule has 1 aliphatic rings. The van der Waals surface area contributed by atoms with Gasteiger partial charge in [-0.1, -0.05) is 0 Å². The molecule has 2 unspecified atom stereocenters. The molecule has 0 spiro atoms. The Bertz CT molecular complexity index is 300. The number of aryl methyl sites for hydroxylation is 1. The van der Waals surface area contributed by atoms with Crippen LogP contribution in [0.4, 0.5) is 0 Å². The van der Waals surface area contributed by atoms with E-state index in [0.29, 0.717) is 12.1 Å². The summed E-state index contributed by atoms with van der Waals surface area (Å²) in [6.45, 7) is 5.97. The molecule has 1 fully saturated rings. The van der Waals surface area contributed by atoms with Gasteiger partial charge in [0, 0.05) is 30.3 Å². The lowest BCUT2D eigenvalue weighted by Crippen LogP contribution is -2.34. The Morgan fingerprint density at radius 1 is 1.71 bits per heavy atom. The smallest absolute Gasteiger partial charge is 0.107 e. The summed E-state index contributed by atoms with van der Waals surface area (Å²) in [7, 11) is 0. The van der Waals surface area contributed by atoms with Gasteiger partial charge in [-0.05, 0) is 20.3 Å². The minimum absolute atomic E-state index is 0.344. The molecule has 1 N–H and O–H groups in total. The molecule has 4 heteroatoms. The highest BCUT2D eigenvalue weighted by Crippen LogP contribution is 2.15. The number of nitrogens with zero attached hydrogens (tertiary/aromatic N) is 1. The zero-order valence-electron chi connectivity index (χ0n) is 8.62. The molecule has 0 bridgehead atoms. The van der Waals surface area contributed by atoms with Crippen LogP contribution < -0.4 is 5.32 Å². The maximum Gasteiger partial charge on any atom is 0.107 e. The van der Waals surface area contributed by atoms with Crippen LogP contribution in [-0.4, -0.2) is 23.7 Å². The Morgan fingerprint density at radius 2 is 2.57 bits per heavy atom. The molecule has 0 aromatic carbocycles. The second kappa shape index (κ2) is 4.38. The molecular formula is C10H16N2OS. The molecule has 0 radical (unpaired) electrons. The minimum Gasteiger partial charge on any atom is -0.377 e. The molecule has 2 heterocycles. The third-order valence-corrected chi connectivity index (χ3v) is 3.47. The quantitative estimate of drug-likeness (QED) is 0.828. The number of thiazole rings is 1. The van der Waals surface area contributed by atoms with E-state index >= 15 is 0 Å². The van der Waals surface area contributed by atoms with Crippen molar-refractivity contribution in [1.82, 2.24) is 10.3 Å². The maximum absolute atomic E-state index is 5.48. The van der Waals surface area contributed by atoms with Gasteiger partial charge >= 0.3 is 0 Å². The molecule has 0 saturated carbocycles. The van der Waals surface area contributed by atoms with Crippen LogP contribution >= 0.6 is 11.3 Å². The number of hydrogen-bond donors (Lipinski definition) is 1. The van der Waals surface area contributed by atoms with Gasteiger partial charge in [0.05, 0.1) is 6.10 Å². The van der Waals surface area contributed by atoms with Gasteiger partial charge in [-0.3, -0.25) is 0 Å². The molecule has 2 atom stereocenters. The van der Waals surface area contributed by atoms with Crippen LogP contribution in [0.25, 0.3) is 0 Å². The molecule has 1 aromatic heterocycles. The fourth-order valence-corrected chi connectivity index (χ4v) is 2.44. The lowest BCUT2D eigenvalue weighted by Gasteiger charge is -2.14. The number of aromatic nitrogens is 1. The molecule has 0 amide bonds. The van der Waals surface area contributed by atoms with E-state index in [0.717, 1.165) is 19.6 Å². The molecule has 3 nitrogen and oxygen atoms in total.